The molecule has 0 aliphatic rings. The molecule has 0 aliphatic heterocycles. The highest BCUT2D eigenvalue weighted by Crippen LogP contribution is 2.21. The lowest BCUT2D eigenvalue weighted by atomic mass is 10.1. The molecule has 1 heterocycles. The van der Waals surface area contributed by atoms with Gasteiger partial charge in [0, 0.05) is 11.3 Å². The van der Waals surface area contributed by atoms with Gasteiger partial charge in [-0.2, -0.15) is 0 Å². The van der Waals surface area contributed by atoms with Gasteiger partial charge < -0.3 is 10.7 Å². The number of hydrogen-bond donors (Lipinski definition) is 2. The Balaban J connectivity index is 2.47. The molecule has 4 heteroatoms. The number of aromatic amines is 1. The Morgan fingerprint density at radius 1 is 1.25 bits per heavy atom. The molecule has 1 aromatic carbocycles. The molecule has 3 N–H and O–H groups in total. The highest BCUT2D eigenvalue weighted by Gasteiger charge is 2.11. The number of H-pyrrole nitrogens is 1. The molecule has 0 saturated carbocycles. The van der Waals surface area contributed by atoms with Crippen molar-refractivity contribution in [1.82, 2.24) is 9.97 Å². The van der Waals surface area contributed by atoms with Gasteiger partial charge in [0.2, 0.25) is 0 Å². The van der Waals surface area contributed by atoms with E-state index >= 15 is 0 Å². The molecule has 16 heavy (non-hydrogen) atoms. The monoisotopic (exact) mass is 215 g/mol. The number of benzene rings is 1. The summed E-state index contributed by atoms with van der Waals surface area (Å²) in [7, 11) is 0. The van der Waals surface area contributed by atoms with E-state index in [-0.39, 0.29) is 5.82 Å². The fraction of sp³-hybridized carbons (Fsp3) is 0.167. The fourth-order valence-corrected chi connectivity index (χ4v) is 1.57. The maximum absolute atomic E-state index is 11.0. The molecular formula is C12H13N3O. The van der Waals surface area contributed by atoms with Gasteiger partial charge >= 0.3 is 0 Å². The van der Waals surface area contributed by atoms with Crippen molar-refractivity contribution in [2.45, 2.75) is 13.8 Å². The average Bonchev–Trinajstić information content (AvgIpc) is 2.62. The van der Waals surface area contributed by atoms with Crippen LogP contribution in [0.3, 0.4) is 0 Å². The van der Waals surface area contributed by atoms with Crippen LogP contribution in [-0.4, -0.2) is 15.9 Å². The molecule has 0 spiro atoms. The number of rotatable bonds is 2. The van der Waals surface area contributed by atoms with Crippen molar-refractivity contribution in [3.63, 3.8) is 0 Å². The third kappa shape index (κ3) is 1.82. The van der Waals surface area contributed by atoms with Gasteiger partial charge in [-0.25, -0.2) is 4.98 Å². The maximum Gasteiger partial charge on any atom is 0.284 e. The number of nitrogens with one attached hydrogen (secondary N) is 1. The molecule has 0 saturated heterocycles. The number of imidazole rings is 1. The second kappa shape index (κ2) is 3.81. The van der Waals surface area contributed by atoms with Gasteiger partial charge in [0.05, 0.1) is 5.69 Å². The first kappa shape index (κ1) is 10.4. The van der Waals surface area contributed by atoms with Crippen LogP contribution in [0, 0.1) is 13.8 Å². The van der Waals surface area contributed by atoms with Crippen LogP contribution >= 0.6 is 0 Å². The number of aryl methyl sites for hydroxylation is 2. The van der Waals surface area contributed by atoms with Gasteiger partial charge in [0.25, 0.3) is 5.91 Å². The highest BCUT2D eigenvalue weighted by atomic mass is 16.1. The summed E-state index contributed by atoms with van der Waals surface area (Å²) >= 11 is 0. The SMILES string of the molecule is Cc1ccc(-c2nc(C(N)=O)[nH]c2C)cc1. The minimum absolute atomic E-state index is 0.202. The van der Waals surface area contributed by atoms with Crippen molar-refractivity contribution in [2.24, 2.45) is 5.73 Å². The molecule has 0 unspecified atom stereocenters. The number of nitrogens with two attached hydrogens (primary N) is 1. The summed E-state index contributed by atoms with van der Waals surface area (Å²) in [5.41, 5.74) is 8.95. The van der Waals surface area contributed by atoms with Gasteiger partial charge in [0.15, 0.2) is 5.82 Å². The molecule has 0 aliphatic carbocycles. The molecule has 0 fully saturated rings. The van der Waals surface area contributed by atoms with Crippen molar-refractivity contribution in [3.05, 3.63) is 41.3 Å². The van der Waals surface area contributed by atoms with Crippen molar-refractivity contribution >= 4 is 5.91 Å². The van der Waals surface area contributed by atoms with Crippen LogP contribution in [0.4, 0.5) is 0 Å². The smallest absolute Gasteiger partial charge is 0.284 e. The zero-order valence-electron chi connectivity index (χ0n) is 9.24. The zero-order valence-corrected chi connectivity index (χ0v) is 9.24. The third-order valence-electron chi connectivity index (χ3n) is 2.44. The van der Waals surface area contributed by atoms with E-state index in [9.17, 15) is 4.79 Å². The second-order valence-corrected chi connectivity index (χ2v) is 3.79. The number of hydrogen-bond acceptors (Lipinski definition) is 2. The van der Waals surface area contributed by atoms with Crippen LogP contribution in [0.5, 0.6) is 0 Å². The topological polar surface area (TPSA) is 71.8 Å². The first-order valence-electron chi connectivity index (χ1n) is 5.01. The molecular weight excluding hydrogens is 202 g/mol. The molecule has 2 rings (SSSR count). The summed E-state index contributed by atoms with van der Waals surface area (Å²) < 4.78 is 0. The number of carbonyl (C=O) groups excluding carboxylic acids is 1. The van der Waals surface area contributed by atoms with E-state index in [0.29, 0.717) is 0 Å². The Labute approximate surface area is 93.5 Å². The third-order valence-corrected chi connectivity index (χ3v) is 2.44. The van der Waals surface area contributed by atoms with Crippen LogP contribution in [0.15, 0.2) is 24.3 Å². The van der Waals surface area contributed by atoms with Gasteiger partial charge in [-0.05, 0) is 13.8 Å². The average molecular weight is 215 g/mol. The molecule has 2 aromatic rings. The van der Waals surface area contributed by atoms with Crippen molar-refractivity contribution in [1.29, 1.82) is 0 Å². The van der Waals surface area contributed by atoms with Crippen molar-refractivity contribution in [2.75, 3.05) is 0 Å². The Morgan fingerprint density at radius 3 is 2.38 bits per heavy atom. The molecule has 1 aromatic heterocycles. The van der Waals surface area contributed by atoms with E-state index in [2.05, 4.69) is 9.97 Å². The minimum Gasteiger partial charge on any atom is -0.363 e. The fourth-order valence-electron chi connectivity index (χ4n) is 1.57. The normalized spacial score (nSPS) is 10.4. The molecule has 0 atom stereocenters. The van der Waals surface area contributed by atoms with Gasteiger partial charge in [-0.1, -0.05) is 29.8 Å². The second-order valence-electron chi connectivity index (χ2n) is 3.79. The Kier molecular flexibility index (Phi) is 2.48. The minimum atomic E-state index is -0.540. The molecule has 0 bridgehead atoms. The molecule has 82 valence electrons. The number of amides is 1. The van der Waals surface area contributed by atoms with E-state index in [1.165, 1.54) is 5.56 Å². The van der Waals surface area contributed by atoms with Crippen LogP contribution in [0.2, 0.25) is 0 Å². The van der Waals surface area contributed by atoms with Crippen LogP contribution in [-0.2, 0) is 0 Å². The van der Waals surface area contributed by atoms with Crippen LogP contribution in [0.25, 0.3) is 11.3 Å². The first-order valence-corrected chi connectivity index (χ1v) is 5.01. The maximum atomic E-state index is 11.0. The molecule has 0 radical (unpaired) electrons. The van der Waals surface area contributed by atoms with Crippen molar-refractivity contribution in [3.8, 4) is 11.3 Å². The predicted octanol–water partition coefficient (Wildman–Crippen LogP) is 1.79. The number of aromatic nitrogens is 2. The largest absolute Gasteiger partial charge is 0.363 e. The summed E-state index contributed by atoms with van der Waals surface area (Å²) in [5, 5.41) is 0. The van der Waals surface area contributed by atoms with Gasteiger partial charge in [0.1, 0.15) is 0 Å². The van der Waals surface area contributed by atoms with E-state index in [1.807, 2.05) is 38.1 Å². The Morgan fingerprint density at radius 2 is 1.88 bits per heavy atom. The lowest BCUT2D eigenvalue weighted by Crippen LogP contribution is -2.12. The summed E-state index contributed by atoms with van der Waals surface area (Å²) in [6.45, 7) is 3.89. The predicted molar refractivity (Wildman–Crippen MR) is 62.0 cm³/mol. The first-order chi connectivity index (χ1) is 7.58. The van der Waals surface area contributed by atoms with Gasteiger partial charge in [-0.3, -0.25) is 4.79 Å². The van der Waals surface area contributed by atoms with E-state index in [0.717, 1.165) is 17.0 Å². The lowest BCUT2D eigenvalue weighted by Gasteiger charge is -1.98. The Bertz CT molecular complexity index is 526. The number of primary amides is 1. The van der Waals surface area contributed by atoms with Crippen LogP contribution < -0.4 is 5.73 Å². The standard InChI is InChI=1S/C12H13N3O/c1-7-3-5-9(6-4-7)10-8(2)14-12(15-10)11(13)16/h3-6H,1-2H3,(H2,13,16)(H,14,15). The van der Waals surface area contributed by atoms with Gasteiger partial charge in [-0.15, -0.1) is 0 Å². The van der Waals surface area contributed by atoms with E-state index in [1.54, 1.807) is 0 Å². The Hall–Kier alpha value is -2.10. The van der Waals surface area contributed by atoms with E-state index in [4.69, 9.17) is 5.73 Å². The summed E-state index contributed by atoms with van der Waals surface area (Å²) in [4.78, 5) is 18.0. The summed E-state index contributed by atoms with van der Waals surface area (Å²) in [6.07, 6.45) is 0. The molecule has 1 amide bonds. The van der Waals surface area contributed by atoms with Crippen LogP contribution in [0.1, 0.15) is 21.9 Å². The summed E-state index contributed by atoms with van der Waals surface area (Å²) in [6, 6.07) is 7.97. The highest BCUT2D eigenvalue weighted by molar-refractivity contribution is 5.90. The number of carbonyl (C=O) groups is 1. The lowest BCUT2D eigenvalue weighted by molar-refractivity contribution is 0.0991. The summed E-state index contributed by atoms with van der Waals surface area (Å²) in [5.74, 6) is -0.338. The molecule has 4 nitrogen and oxygen atoms in total. The number of nitrogens with zero attached hydrogens (tertiary/aromatic N) is 1. The quantitative estimate of drug-likeness (QED) is 0.801. The van der Waals surface area contributed by atoms with E-state index < -0.39 is 5.91 Å². The zero-order chi connectivity index (χ0) is 11.7. The van der Waals surface area contributed by atoms with Crippen molar-refractivity contribution < 1.29 is 4.79 Å².